The zero-order chi connectivity index (χ0) is 10.1. The maximum absolute atomic E-state index is 11.4. The third kappa shape index (κ3) is 1.28. The molecule has 1 aliphatic heterocycles. The molecule has 5 nitrogen and oxygen atoms in total. The van der Waals surface area contributed by atoms with E-state index < -0.39 is 6.03 Å². The van der Waals surface area contributed by atoms with Crippen LogP contribution in [0, 0.1) is 0 Å². The van der Waals surface area contributed by atoms with Crippen LogP contribution in [-0.2, 0) is 4.79 Å². The van der Waals surface area contributed by atoms with Crippen molar-refractivity contribution in [2.24, 2.45) is 0 Å². The first kappa shape index (κ1) is 8.55. The molecule has 0 radical (unpaired) electrons. The second kappa shape index (κ2) is 3.02. The molecule has 0 aromatic carbocycles. The molecule has 0 spiro atoms. The third-order valence-corrected chi connectivity index (χ3v) is 1.94. The van der Waals surface area contributed by atoms with Crippen molar-refractivity contribution in [2.45, 2.75) is 0 Å². The molecule has 1 aromatic heterocycles. The summed E-state index contributed by atoms with van der Waals surface area (Å²) in [6, 6.07) is 1.29. The number of urea groups is 1. The summed E-state index contributed by atoms with van der Waals surface area (Å²) >= 11 is 0. The maximum atomic E-state index is 11.4. The summed E-state index contributed by atoms with van der Waals surface area (Å²) < 4.78 is 4.83. The fraction of sp³-hybridized carbons (Fsp3) is 0.111. The predicted octanol–water partition coefficient (Wildman–Crippen LogP) is 0.802. The summed E-state index contributed by atoms with van der Waals surface area (Å²) in [5.74, 6) is -0.337. The van der Waals surface area contributed by atoms with Crippen LogP contribution in [0.25, 0.3) is 6.08 Å². The van der Waals surface area contributed by atoms with Crippen molar-refractivity contribution in [3.63, 3.8) is 0 Å². The SMILES string of the molecule is CN1C(=O)N/C(=C/c2ccoc2)C1=O. The van der Waals surface area contributed by atoms with E-state index in [1.807, 2.05) is 0 Å². The Morgan fingerprint density at radius 1 is 1.50 bits per heavy atom. The van der Waals surface area contributed by atoms with E-state index in [1.165, 1.54) is 19.6 Å². The molecule has 2 heterocycles. The minimum atomic E-state index is -0.412. The van der Waals surface area contributed by atoms with E-state index in [9.17, 15) is 9.59 Å². The number of hydrogen-bond donors (Lipinski definition) is 1. The van der Waals surface area contributed by atoms with Gasteiger partial charge in [0.15, 0.2) is 0 Å². The lowest BCUT2D eigenvalue weighted by Gasteiger charge is -1.99. The van der Waals surface area contributed by atoms with Crippen molar-refractivity contribution in [1.82, 2.24) is 10.2 Å². The summed E-state index contributed by atoms with van der Waals surface area (Å²) in [5, 5.41) is 2.45. The first-order chi connectivity index (χ1) is 6.68. The quantitative estimate of drug-likeness (QED) is 0.528. The number of hydrogen-bond acceptors (Lipinski definition) is 3. The average Bonchev–Trinajstić information content (AvgIpc) is 2.73. The molecule has 0 aliphatic carbocycles. The number of imide groups is 1. The van der Waals surface area contributed by atoms with E-state index in [2.05, 4.69) is 5.32 Å². The maximum Gasteiger partial charge on any atom is 0.328 e. The van der Waals surface area contributed by atoms with Crippen molar-refractivity contribution in [3.05, 3.63) is 29.9 Å². The number of nitrogens with zero attached hydrogens (tertiary/aromatic N) is 1. The highest BCUT2D eigenvalue weighted by Crippen LogP contribution is 2.12. The number of carbonyl (C=O) groups is 2. The van der Waals surface area contributed by atoms with Crippen molar-refractivity contribution in [3.8, 4) is 0 Å². The highest BCUT2D eigenvalue weighted by Gasteiger charge is 2.29. The van der Waals surface area contributed by atoms with Crippen LogP contribution in [0.3, 0.4) is 0 Å². The van der Waals surface area contributed by atoms with Gasteiger partial charge in [-0.15, -0.1) is 0 Å². The average molecular weight is 192 g/mol. The fourth-order valence-electron chi connectivity index (χ4n) is 1.15. The Bertz CT molecular complexity index is 406. The Kier molecular flexibility index (Phi) is 1.85. The predicted molar refractivity (Wildman–Crippen MR) is 48.0 cm³/mol. The molecular weight excluding hydrogens is 184 g/mol. The molecule has 72 valence electrons. The zero-order valence-corrected chi connectivity index (χ0v) is 7.48. The molecule has 1 N–H and O–H groups in total. The van der Waals surface area contributed by atoms with Crippen LogP contribution in [-0.4, -0.2) is 23.9 Å². The van der Waals surface area contributed by atoms with Gasteiger partial charge in [0.05, 0.1) is 12.5 Å². The van der Waals surface area contributed by atoms with Crippen molar-refractivity contribution >= 4 is 18.0 Å². The monoisotopic (exact) mass is 192 g/mol. The Morgan fingerprint density at radius 2 is 2.29 bits per heavy atom. The zero-order valence-electron chi connectivity index (χ0n) is 7.48. The molecule has 1 saturated heterocycles. The molecule has 14 heavy (non-hydrogen) atoms. The molecule has 0 atom stereocenters. The van der Waals surface area contributed by atoms with E-state index in [-0.39, 0.29) is 11.6 Å². The lowest BCUT2D eigenvalue weighted by atomic mass is 10.2. The minimum Gasteiger partial charge on any atom is -0.472 e. The minimum absolute atomic E-state index is 0.263. The molecule has 3 amide bonds. The molecule has 1 aliphatic rings. The first-order valence-corrected chi connectivity index (χ1v) is 4.01. The summed E-state index contributed by atoms with van der Waals surface area (Å²) in [7, 11) is 1.42. The number of likely N-dealkylation sites (N-methyl/N-ethyl adjacent to an activating group) is 1. The largest absolute Gasteiger partial charge is 0.472 e. The summed E-state index contributed by atoms with van der Waals surface area (Å²) in [4.78, 5) is 23.5. The second-order valence-corrected chi connectivity index (χ2v) is 2.91. The molecule has 5 heteroatoms. The molecular formula is C9H8N2O3. The summed E-state index contributed by atoms with van der Waals surface area (Å²) in [5.41, 5.74) is 1.00. The van der Waals surface area contributed by atoms with Gasteiger partial charge in [0.2, 0.25) is 0 Å². The first-order valence-electron chi connectivity index (χ1n) is 4.01. The lowest BCUT2D eigenvalue weighted by molar-refractivity contribution is -0.121. The lowest BCUT2D eigenvalue weighted by Crippen LogP contribution is -2.25. The number of carbonyl (C=O) groups excluding carboxylic acids is 2. The van der Waals surface area contributed by atoms with E-state index in [4.69, 9.17) is 4.42 Å². The molecule has 2 rings (SSSR count). The number of rotatable bonds is 1. The van der Waals surface area contributed by atoms with Crippen molar-refractivity contribution in [2.75, 3.05) is 7.05 Å². The van der Waals surface area contributed by atoms with Crippen LogP contribution >= 0.6 is 0 Å². The van der Waals surface area contributed by atoms with E-state index >= 15 is 0 Å². The Labute approximate surface area is 80.0 Å². The Morgan fingerprint density at radius 3 is 2.79 bits per heavy atom. The van der Waals surface area contributed by atoms with E-state index in [0.717, 1.165) is 10.5 Å². The van der Waals surface area contributed by atoms with Gasteiger partial charge in [-0.1, -0.05) is 0 Å². The van der Waals surface area contributed by atoms with Gasteiger partial charge in [-0.2, -0.15) is 0 Å². The van der Waals surface area contributed by atoms with Crippen LogP contribution < -0.4 is 5.32 Å². The van der Waals surface area contributed by atoms with Crippen LogP contribution in [0.15, 0.2) is 28.7 Å². The summed E-state index contributed by atoms with van der Waals surface area (Å²) in [6.07, 6.45) is 4.55. The van der Waals surface area contributed by atoms with Crippen molar-refractivity contribution in [1.29, 1.82) is 0 Å². The van der Waals surface area contributed by atoms with Gasteiger partial charge in [0.1, 0.15) is 5.70 Å². The number of nitrogens with one attached hydrogen (secondary N) is 1. The van der Waals surface area contributed by atoms with Crippen LogP contribution in [0.1, 0.15) is 5.56 Å². The van der Waals surface area contributed by atoms with Gasteiger partial charge in [-0.3, -0.25) is 9.69 Å². The number of furan rings is 1. The van der Waals surface area contributed by atoms with Gasteiger partial charge < -0.3 is 9.73 Å². The molecule has 1 aromatic rings. The normalized spacial score (nSPS) is 19.2. The van der Waals surface area contributed by atoms with Gasteiger partial charge >= 0.3 is 6.03 Å². The van der Waals surface area contributed by atoms with Crippen LogP contribution in [0.2, 0.25) is 0 Å². The fourth-order valence-corrected chi connectivity index (χ4v) is 1.15. The van der Waals surface area contributed by atoms with Crippen molar-refractivity contribution < 1.29 is 14.0 Å². The standard InChI is InChI=1S/C9H8N2O3/c1-11-8(12)7(10-9(11)13)4-6-2-3-14-5-6/h2-5H,1H3,(H,10,13)/b7-4+. The van der Waals surface area contributed by atoms with Gasteiger partial charge in [0, 0.05) is 12.6 Å². The second-order valence-electron chi connectivity index (χ2n) is 2.91. The highest BCUT2D eigenvalue weighted by atomic mass is 16.3. The van der Waals surface area contributed by atoms with E-state index in [1.54, 1.807) is 12.1 Å². The smallest absolute Gasteiger partial charge is 0.328 e. The molecule has 0 saturated carbocycles. The van der Waals surface area contributed by atoms with Gasteiger partial charge in [-0.25, -0.2) is 4.79 Å². The molecule has 1 fully saturated rings. The third-order valence-electron chi connectivity index (χ3n) is 1.94. The number of amides is 3. The molecule has 0 bridgehead atoms. The van der Waals surface area contributed by atoms with Gasteiger partial charge in [0.25, 0.3) is 5.91 Å². The van der Waals surface area contributed by atoms with E-state index in [0.29, 0.717) is 0 Å². The Hall–Kier alpha value is -2.04. The highest BCUT2D eigenvalue weighted by molar-refractivity contribution is 6.13. The van der Waals surface area contributed by atoms with Crippen LogP contribution in [0.5, 0.6) is 0 Å². The summed E-state index contributed by atoms with van der Waals surface area (Å²) in [6.45, 7) is 0. The topological polar surface area (TPSA) is 62.6 Å². The van der Waals surface area contributed by atoms with Gasteiger partial charge in [-0.05, 0) is 12.1 Å². The Balaban J connectivity index is 2.29. The van der Waals surface area contributed by atoms with Crippen LogP contribution in [0.4, 0.5) is 4.79 Å². The molecule has 0 unspecified atom stereocenters.